The van der Waals surface area contributed by atoms with Gasteiger partial charge in [0.1, 0.15) is 0 Å². The average molecular weight is 553 g/mol. The van der Waals surface area contributed by atoms with Crippen molar-refractivity contribution in [3.05, 3.63) is 178 Å². The highest BCUT2D eigenvalue weighted by molar-refractivity contribution is 6.02. The maximum absolute atomic E-state index is 4.83. The molecule has 0 spiro atoms. The largest absolute Gasteiger partial charge is 0.264 e. The molecule has 0 saturated carbocycles. The summed E-state index contributed by atoms with van der Waals surface area (Å²) in [6.45, 7) is 2.27. The molecule has 2 aliphatic carbocycles. The van der Waals surface area contributed by atoms with E-state index in [4.69, 9.17) is 4.99 Å². The minimum Gasteiger partial charge on any atom is -0.264 e. The van der Waals surface area contributed by atoms with Crippen molar-refractivity contribution in [3.8, 4) is 0 Å². The number of allylic oxidation sites excluding steroid dienone is 5. The molecule has 206 valence electrons. The third-order valence-electron chi connectivity index (χ3n) is 9.26. The van der Waals surface area contributed by atoms with Gasteiger partial charge in [-0.15, -0.1) is 0 Å². The van der Waals surface area contributed by atoms with Gasteiger partial charge in [-0.05, 0) is 92.1 Å². The maximum atomic E-state index is 4.83. The van der Waals surface area contributed by atoms with Crippen molar-refractivity contribution in [2.45, 2.75) is 19.8 Å². The molecule has 0 amide bonds. The number of rotatable bonds is 4. The van der Waals surface area contributed by atoms with Crippen LogP contribution in [0.25, 0.3) is 27.5 Å². The number of fused-ring (bicyclic) bond motifs is 3. The quantitative estimate of drug-likeness (QED) is 0.222. The van der Waals surface area contributed by atoms with Gasteiger partial charge in [-0.2, -0.15) is 0 Å². The lowest BCUT2D eigenvalue weighted by atomic mass is 9.69. The van der Waals surface area contributed by atoms with E-state index in [1.807, 2.05) is 18.5 Å². The van der Waals surface area contributed by atoms with Crippen molar-refractivity contribution in [2.24, 2.45) is 16.8 Å². The van der Waals surface area contributed by atoms with Gasteiger partial charge in [-0.25, -0.2) is 0 Å². The van der Waals surface area contributed by atoms with Crippen molar-refractivity contribution >= 4 is 33.2 Å². The van der Waals surface area contributed by atoms with Crippen LogP contribution in [0.2, 0.25) is 0 Å². The first-order chi connectivity index (χ1) is 21.2. The van der Waals surface area contributed by atoms with Gasteiger partial charge in [-0.1, -0.05) is 109 Å². The Labute approximate surface area is 252 Å². The molecule has 2 nitrogen and oxygen atoms in total. The van der Waals surface area contributed by atoms with Crippen molar-refractivity contribution in [2.75, 3.05) is 0 Å². The highest BCUT2D eigenvalue weighted by atomic mass is 14.7. The van der Waals surface area contributed by atoms with Gasteiger partial charge < -0.3 is 0 Å². The Morgan fingerprint density at radius 2 is 1.37 bits per heavy atom. The van der Waals surface area contributed by atoms with Gasteiger partial charge >= 0.3 is 0 Å². The smallest absolute Gasteiger partial charge is 0.0494 e. The number of nitrogens with zero attached hydrogens (tertiary/aromatic N) is 2. The minimum atomic E-state index is 0.270. The summed E-state index contributed by atoms with van der Waals surface area (Å²) in [6.07, 6.45) is 16.9. The molecule has 2 heteroatoms. The van der Waals surface area contributed by atoms with Crippen molar-refractivity contribution in [1.82, 2.24) is 4.98 Å². The van der Waals surface area contributed by atoms with Crippen LogP contribution in [-0.4, -0.2) is 10.7 Å². The molecule has 1 aliphatic heterocycles. The molecule has 2 heterocycles. The Morgan fingerprint density at radius 3 is 2.12 bits per heavy atom. The first-order valence-electron chi connectivity index (χ1n) is 15.2. The molecule has 3 aliphatic rings. The summed E-state index contributed by atoms with van der Waals surface area (Å²) in [7, 11) is 0. The monoisotopic (exact) mass is 552 g/mol. The second-order valence-electron chi connectivity index (χ2n) is 11.8. The SMILES string of the molecule is Cc1cc(C2=CN=C(c3cccnc3)CC2)ccc1C1=c2ccccc2=C(c2ccc3ccccc3c2)C2C=CC=CC12. The molecule has 0 saturated heterocycles. The number of aryl methyl sites for hydroxylation is 1. The number of hydrogen-bond donors (Lipinski definition) is 0. The second-order valence-corrected chi connectivity index (χ2v) is 11.8. The summed E-state index contributed by atoms with van der Waals surface area (Å²) in [5.41, 5.74) is 11.6. The highest BCUT2D eigenvalue weighted by Gasteiger charge is 2.32. The van der Waals surface area contributed by atoms with Gasteiger partial charge in [0.05, 0.1) is 0 Å². The second kappa shape index (κ2) is 10.6. The van der Waals surface area contributed by atoms with E-state index in [2.05, 4.69) is 133 Å². The highest BCUT2D eigenvalue weighted by Crippen LogP contribution is 2.42. The van der Waals surface area contributed by atoms with Crippen LogP contribution in [0.4, 0.5) is 0 Å². The lowest BCUT2D eigenvalue weighted by Gasteiger charge is -2.34. The molecule has 0 bridgehead atoms. The summed E-state index contributed by atoms with van der Waals surface area (Å²) >= 11 is 0. The topological polar surface area (TPSA) is 25.2 Å². The standard InChI is InChI=1S/C41H32N2/c1-27-23-30(32-19-21-39(43-26-32)33-11-8-22-42-25-33)18-20-34(27)41-37-14-6-4-12-35(37)40(36-13-5-7-15-38(36)41)31-17-16-28-9-2-3-10-29(28)24-31/h2-18,20,22-26,35,37H,19,21H2,1H3. The molecular weight excluding hydrogens is 520 g/mol. The Hall–Kier alpha value is -5.08. The zero-order valence-electron chi connectivity index (χ0n) is 24.2. The fourth-order valence-electron chi connectivity index (χ4n) is 7.17. The van der Waals surface area contributed by atoms with Crippen LogP contribution in [0, 0.1) is 18.8 Å². The zero-order valence-corrected chi connectivity index (χ0v) is 24.2. The van der Waals surface area contributed by atoms with Crippen molar-refractivity contribution in [1.29, 1.82) is 0 Å². The lowest BCUT2D eigenvalue weighted by molar-refractivity contribution is 0.686. The van der Waals surface area contributed by atoms with Crippen LogP contribution in [0.1, 0.15) is 40.7 Å². The maximum Gasteiger partial charge on any atom is 0.0494 e. The molecule has 43 heavy (non-hydrogen) atoms. The van der Waals surface area contributed by atoms with Gasteiger partial charge in [0.2, 0.25) is 0 Å². The summed E-state index contributed by atoms with van der Waals surface area (Å²) < 4.78 is 0. The molecule has 0 fully saturated rings. The van der Waals surface area contributed by atoms with Crippen LogP contribution >= 0.6 is 0 Å². The Bertz CT molecular complexity index is 2140. The Kier molecular flexibility index (Phi) is 6.34. The van der Waals surface area contributed by atoms with E-state index < -0.39 is 0 Å². The molecule has 4 aromatic carbocycles. The lowest BCUT2D eigenvalue weighted by Crippen LogP contribution is -2.40. The third kappa shape index (κ3) is 4.51. The number of aliphatic imine (C=N–C) groups is 1. The minimum absolute atomic E-state index is 0.270. The van der Waals surface area contributed by atoms with Crippen LogP contribution < -0.4 is 10.4 Å². The van der Waals surface area contributed by atoms with Crippen molar-refractivity contribution < 1.29 is 0 Å². The molecule has 2 atom stereocenters. The van der Waals surface area contributed by atoms with E-state index in [-0.39, 0.29) is 11.8 Å². The molecule has 0 radical (unpaired) electrons. The van der Waals surface area contributed by atoms with Crippen LogP contribution in [0.15, 0.2) is 145 Å². The normalized spacial score (nSPS) is 19.1. The summed E-state index contributed by atoms with van der Waals surface area (Å²) in [5, 5.41) is 5.24. The molecule has 5 aromatic rings. The predicted octanol–water partition coefficient (Wildman–Crippen LogP) is 7.94. The van der Waals surface area contributed by atoms with Crippen molar-refractivity contribution in [3.63, 3.8) is 0 Å². The first-order valence-corrected chi connectivity index (χ1v) is 15.2. The van der Waals surface area contributed by atoms with E-state index in [1.54, 1.807) is 0 Å². The molecule has 8 rings (SSSR count). The molecular formula is C41H32N2. The van der Waals surface area contributed by atoms with E-state index in [9.17, 15) is 0 Å². The van der Waals surface area contributed by atoms with Crippen LogP contribution in [0.3, 0.4) is 0 Å². The van der Waals surface area contributed by atoms with E-state index in [0.717, 1.165) is 24.1 Å². The Morgan fingerprint density at radius 1 is 0.628 bits per heavy atom. The number of aromatic nitrogens is 1. The molecule has 1 aromatic heterocycles. The fourth-order valence-corrected chi connectivity index (χ4v) is 7.17. The summed E-state index contributed by atoms with van der Waals surface area (Å²) in [6, 6.07) is 35.7. The number of benzene rings is 4. The first kappa shape index (κ1) is 25.6. The molecule has 2 unspecified atom stereocenters. The zero-order chi connectivity index (χ0) is 28.8. The van der Waals surface area contributed by atoms with Gasteiger partial charge in [0.15, 0.2) is 0 Å². The average Bonchev–Trinajstić information content (AvgIpc) is 3.07. The van der Waals surface area contributed by atoms with Gasteiger partial charge in [0, 0.05) is 41.7 Å². The van der Waals surface area contributed by atoms with Crippen LogP contribution in [-0.2, 0) is 0 Å². The number of pyridine rings is 1. The van der Waals surface area contributed by atoms with Crippen LogP contribution in [0.5, 0.6) is 0 Å². The fraction of sp³-hybridized carbons (Fsp3) is 0.122. The number of hydrogen-bond acceptors (Lipinski definition) is 2. The summed E-state index contributed by atoms with van der Waals surface area (Å²) in [4.78, 5) is 9.10. The van der Waals surface area contributed by atoms with Gasteiger partial charge in [0.25, 0.3) is 0 Å². The molecule has 0 N–H and O–H groups in total. The third-order valence-corrected chi connectivity index (χ3v) is 9.26. The summed E-state index contributed by atoms with van der Waals surface area (Å²) in [5.74, 6) is 0.544. The van der Waals surface area contributed by atoms with E-state index in [0.29, 0.717) is 0 Å². The predicted molar refractivity (Wildman–Crippen MR) is 179 cm³/mol. The van der Waals surface area contributed by atoms with E-state index >= 15 is 0 Å². The Balaban J connectivity index is 1.27. The van der Waals surface area contributed by atoms with E-state index in [1.165, 1.54) is 60.2 Å². The van der Waals surface area contributed by atoms with Gasteiger partial charge in [-0.3, -0.25) is 9.98 Å².